The van der Waals surface area contributed by atoms with Crippen molar-refractivity contribution in [3.8, 4) is 5.75 Å². The van der Waals surface area contributed by atoms with Gasteiger partial charge in [-0.3, -0.25) is 19.2 Å². The highest BCUT2D eigenvalue weighted by Crippen LogP contribution is 2.74. The Balaban J connectivity index is 1.09. The number of allylic oxidation sites excluding steroid dienone is 2. The zero-order valence-electron chi connectivity index (χ0n) is 33.7. The largest absolute Gasteiger partial charge is 0.497 e. The van der Waals surface area contributed by atoms with Gasteiger partial charge in [0.05, 0.1) is 13.0 Å². The second kappa shape index (κ2) is 13.7. The van der Waals surface area contributed by atoms with Crippen LogP contribution in [0.5, 0.6) is 5.75 Å². The number of amides is 1. The number of methoxy groups -OCH3 is 1. The summed E-state index contributed by atoms with van der Waals surface area (Å²) >= 11 is 0. The van der Waals surface area contributed by atoms with Gasteiger partial charge in [0, 0.05) is 37.1 Å². The first-order valence-electron chi connectivity index (χ1n) is 20.9. The molecule has 0 spiro atoms. The molecule has 1 aromatic carbocycles. The normalized spacial score (nSPS) is 40.0. The van der Waals surface area contributed by atoms with Crippen molar-refractivity contribution in [3.05, 3.63) is 41.0 Å². The third-order valence-electron chi connectivity index (χ3n) is 17.1. The fourth-order valence-corrected chi connectivity index (χ4v) is 14.3. The highest BCUT2D eigenvalue weighted by Gasteiger charge is 2.66. The minimum atomic E-state index is -0.763. The molecule has 7 nitrogen and oxygen atoms in total. The molecule has 11 unspecified atom stereocenters. The summed E-state index contributed by atoms with van der Waals surface area (Å²) in [5.41, 5.74) is 3.44. The average molecular weight is 728 g/mol. The van der Waals surface area contributed by atoms with Crippen LogP contribution in [-0.2, 0) is 25.7 Å². The minimum Gasteiger partial charge on any atom is -0.497 e. The fraction of sp³-hybridized carbons (Fsp3) is 0.739. The first-order valence-corrected chi connectivity index (χ1v) is 20.9. The van der Waals surface area contributed by atoms with E-state index in [0.29, 0.717) is 67.6 Å². The standard InChI is InChI=1S/C46H65NO6/c1-26(2)40-36(49)23-46(24-39(50)47-25-28-9-11-30(53-8)12-10-28)20-16-34-31(41(40)46)13-14-38-44(34,6)19-17-37-43(4,5)29(15-18-45(37,38)7)21-35(48)32-22-33(27(32)3)42(51)52/h9-12,26-27,29,31-34,37-38H,13-25H2,1-8H3,(H,47,50)(H,51,52). The lowest BCUT2D eigenvalue weighted by Crippen LogP contribution is -2.62. The second-order valence-corrected chi connectivity index (χ2v) is 20.0. The summed E-state index contributed by atoms with van der Waals surface area (Å²) in [7, 11) is 1.65. The zero-order valence-corrected chi connectivity index (χ0v) is 33.7. The van der Waals surface area contributed by atoms with E-state index in [1.807, 2.05) is 31.2 Å². The Bertz CT molecular complexity index is 1670. The first kappa shape index (κ1) is 38.3. The lowest BCUT2D eigenvalue weighted by molar-refractivity contribution is -0.193. The number of ether oxygens (including phenoxy) is 1. The molecule has 1 aromatic rings. The summed E-state index contributed by atoms with van der Waals surface area (Å²) in [5, 5.41) is 12.7. The van der Waals surface area contributed by atoms with Crippen molar-refractivity contribution in [1.29, 1.82) is 0 Å². The number of carbonyl (C=O) groups is 4. The smallest absolute Gasteiger partial charge is 0.306 e. The van der Waals surface area contributed by atoms with Crippen molar-refractivity contribution in [2.24, 2.45) is 74.9 Å². The Morgan fingerprint density at radius 2 is 1.60 bits per heavy atom. The van der Waals surface area contributed by atoms with Gasteiger partial charge in [0.25, 0.3) is 0 Å². The Labute approximate surface area is 317 Å². The van der Waals surface area contributed by atoms with Crippen LogP contribution in [0.25, 0.3) is 0 Å². The van der Waals surface area contributed by atoms with Gasteiger partial charge in [-0.05, 0) is 139 Å². The van der Waals surface area contributed by atoms with E-state index in [-0.39, 0.29) is 57.0 Å². The second-order valence-electron chi connectivity index (χ2n) is 20.0. The summed E-state index contributed by atoms with van der Waals surface area (Å²) in [6.45, 7) is 16.8. The molecule has 53 heavy (non-hydrogen) atoms. The molecule has 290 valence electrons. The molecule has 7 heteroatoms. The number of fused-ring (bicyclic) bond motifs is 7. The summed E-state index contributed by atoms with van der Waals surface area (Å²) in [5.74, 6) is 2.56. The van der Waals surface area contributed by atoms with Crippen LogP contribution in [0.15, 0.2) is 35.4 Å². The SMILES string of the molecule is COc1ccc(CNC(=O)CC23CCC4C(CCC5C4(C)CCC4C(C)(C)C(CC(=O)C6CC(C(=O)O)C6C)CCC45C)C2=C(C(C)C)C(=O)C3)cc1. The third kappa shape index (κ3) is 6.13. The van der Waals surface area contributed by atoms with Crippen molar-refractivity contribution in [2.75, 3.05) is 7.11 Å². The summed E-state index contributed by atoms with van der Waals surface area (Å²) in [6.07, 6.45) is 10.7. The van der Waals surface area contributed by atoms with Gasteiger partial charge in [0.2, 0.25) is 5.91 Å². The van der Waals surface area contributed by atoms with E-state index in [1.165, 1.54) is 18.4 Å². The number of benzene rings is 1. The fourth-order valence-electron chi connectivity index (χ4n) is 14.3. The summed E-state index contributed by atoms with van der Waals surface area (Å²) < 4.78 is 5.30. The Hall–Kier alpha value is -2.96. The van der Waals surface area contributed by atoms with E-state index in [4.69, 9.17) is 4.74 Å². The van der Waals surface area contributed by atoms with Crippen molar-refractivity contribution >= 4 is 23.4 Å². The van der Waals surface area contributed by atoms with Crippen LogP contribution in [0.2, 0.25) is 0 Å². The molecular formula is C46H65NO6. The predicted octanol–water partition coefficient (Wildman–Crippen LogP) is 9.22. The van der Waals surface area contributed by atoms with E-state index in [1.54, 1.807) is 7.11 Å². The van der Waals surface area contributed by atoms with Crippen LogP contribution in [0.3, 0.4) is 0 Å². The van der Waals surface area contributed by atoms with E-state index in [9.17, 15) is 24.3 Å². The Kier molecular flexibility index (Phi) is 9.87. The van der Waals surface area contributed by atoms with E-state index >= 15 is 0 Å². The van der Waals surface area contributed by atoms with Gasteiger partial charge in [0.1, 0.15) is 11.5 Å². The number of hydrogen-bond donors (Lipinski definition) is 2. The molecule has 0 radical (unpaired) electrons. The zero-order chi connectivity index (χ0) is 38.2. The molecule has 11 atom stereocenters. The lowest BCUT2D eigenvalue weighted by atomic mass is 9.35. The molecule has 5 fully saturated rings. The topological polar surface area (TPSA) is 110 Å². The highest BCUT2D eigenvalue weighted by atomic mass is 16.5. The van der Waals surface area contributed by atoms with Gasteiger partial charge in [-0.25, -0.2) is 0 Å². The molecule has 6 aliphatic rings. The number of rotatable bonds is 10. The van der Waals surface area contributed by atoms with Crippen LogP contribution in [0.1, 0.15) is 131 Å². The summed E-state index contributed by atoms with van der Waals surface area (Å²) in [4.78, 5) is 52.8. The molecule has 7 rings (SSSR count). The molecular weight excluding hydrogens is 663 g/mol. The molecule has 0 saturated heterocycles. The summed E-state index contributed by atoms with van der Waals surface area (Å²) in [6, 6.07) is 7.81. The van der Waals surface area contributed by atoms with Gasteiger partial charge >= 0.3 is 5.97 Å². The molecule has 0 aromatic heterocycles. The van der Waals surface area contributed by atoms with E-state index < -0.39 is 5.97 Å². The van der Waals surface area contributed by atoms with Gasteiger partial charge in [-0.15, -0.1) is 0 Å². The maximum atomic E-state index is 13.9. The molecule has 6 aliphatic carbocycles. The van der Waals surface area contributed by atoms with Crippen LogP contribution < -0.4 is 10.1 Å². The van der Waals surface area contributed by atoms with Crippen LogP contribution in [0.4, 0.5) is 0 Å². The molecule has 5 saturated carbocycles. The molecule has 0 bridgehead atoms. The van der Waals surface area contributed by atoms with Crippen molar-refractivity contribution in [1.82, 2.24) is 5.32 Å². The van der Waals surface area contributed by atoms with Gasteiger partial charge in [-0.2, -0.15) is 0 Å². The van der Waals surface area contributed by atoms with Crippen molar-refractivity contribution < 1.29 is 29.0 Å². The van der Waals surface area contributed by atoms with Crippen molar-refractivity contribution in [3.63, 3.8) is 0 Å². The average Bonchev–Trinajstić information content (AvgIpc) is 3.39. The maximum absolute atomic E-state index is 13.9. The van der Waals surface area contributed by atoms with Crippen LogP contribution in [-0.4, -0.2) is 35.7 Å². The number of hydrogen-bond acceptors (Lipinski definition) is 5. The highest BCUT2D eigenvalue weighted by molar-refractivity contribution is 6.01. The van der Waals surface area contributed by atoms with Gasteiger partial charge in [0.15, 0.2) is 5.78 Å². The molecule has 0 heterocycles. The van der Waals surface area contributed by atoms with E-state index in [2.05, 4.69) is 46.9 Å². The number of carboxylic acids is 1. The third-order valence-corrected chi connectivity index (χ3v) is 17.1. The number of carboxylic acid groups (broad SMARTS) is 1. The van der Waals surface area contributed by atoms with Crippen molar-refractivity contribution in [2.45, 2.75) is 132 Å². The van der Waals surface area contributed by atoms with Gasteiger partial charge < -0.3 is 15.2 Å². The maximum Gasteiger partial charge on any atom is 0.306 e. The molecule has 2 N–H and O–H groups in total. The monoisotopic (exact) mass is 727 g/mol. The van der Waals surface area contributed by atoms with Crippen LogP contribution >= 0.6 is 0 Å². The number of nitrogens with one attached hydrogen (secondary N) is 1. The number of Topliss-reactive ketones (excluding diaryl/α,β-unsaturated/α-hetero) is 2. The minimum absolute atomic E-state index is 0.0339. The molecule has 1 amide bonds. The predicted molar refractivity (Wildman–Crippen MR) is 206 cm³/mol. The number of ketones is 2. The van der Waals surface area contributed by atoms with Crippen LogP contribution in [0, 0.1) is 74.9 Å². The lowest BCUT2D eigenvalue weighted by Gasteiger charge is -2.69. The number of aliphatic carboxylic acids is 1. The van der Waals surface area contributed by atoms with Gasteiger partial charge in [-0.1, -0.05) is 66.2 Å². The quantitative estimate of drug-likeness (QED) is 0.249. The Morgan fingerprint density at radius 1 is 0.906 bits per heavy atom. The molecule has 0 aliphatic heterocycles. The number of carbonyl (C=O) groups excluding carboxylic acids is 3. The Morgan fingerprint density at radius 3 is 2.25 bits per heavy atom. The van der Waals surface area contributed by atoms with E-state index in [0.717, 1.165) is 55.4 Å². The first-order chi connectivity index (χ1) is 25.0.